The number of nitrogens with zero attached hydrogens (tertiary/aromatic N) is 1. The summed E-state index contributed by atoms with van der Waals surface area (Å²) in [7, 11) is 0. The first-order valence-electron chi connectivity index (χ1n) is 7.52. The summed E-state index contributed by atoms with van der Waals surface area (Å²) in [6.45, 7) is 3.66. The maximum Gasteiger partial charge on any atom is 0.333 e. The van der Waals surface area contributed by atoms with Crippen molar-refractivity contribution in [1.29, 1.82) is 0 Å². The van der Waals surface area contributed by atoms with Crippen LogP contribution in [-0.2, 0) is 9.53 Å². The number of hydrogen-bond acceptors (Lipinski definition) is 5. The molecular formula is C18H16N2O4. The van der Waals surface area contributed by atoms with E-state index in [-0.39, 0.29) is 17.9 Å². The van der Waals surface area contributed by atoms with Gasteiger partial charge in [-0.1, -0.05) is 30.3 Å². The number of nitrogens with one attached hydrogen (secondary N) is 1. The van der Waals surface area contributed by atoms with E-state index >= 15 is 0 Å². The SMILES string of the molecule is CCOC(=O)/C(C)=C/c1c(-c2ccccc2)oc2nc[nH]c(=O)c12. The highest BCUT2D eigenvalue weighted by Gasteiger charge is 2.19. The van der Waals surface area contributed by atoms with E-state index in [4.69, 9.17) is 9.15 Å². The van der Waals surface area contributed by atoms with Gasteiger partial charge in [0.1, 0.15) is 11.1 Å². The van der Waals surface area contributed by atoms with Crippen molar-refractivity contribution in [3.8, 4) is 11.3 Å². The van der Waals surface area contributed by atoms with Gasteiger partial charge in [-0.3, -0.25) is 4.79 Å². The third kappa shape index (κ3) is 2.86. The van der Waals surface area contributed by atoms with Gasteiger partial charge in [-0.05, 0) is 19.9 Å². The third-order valence-electron chi connectivity index (χ3n) is 3.53. The Kier molecular flexibility index (Phi) is 4.29. The van der Waals surface area contributed by atoms with Crippen molar-refractivity contribution >= 4 is 23.1 Å². The number of fused-ring (bicyclic) bond motifs is 1. The molecule has 0 saturated carbocycles. The molecule has 0 bridgehead atoms. The Morgan fingerprint density at radius 1 is 1.33 bits per heavy atom. The molecule has 0 spiro atoms. The number of carbonyl (C=O) groups is 1. The first-order chi connectivity index (χ1) is 11.6. The summed E-state index contributed by atoms with van der Waals surface area (Å²) in [5, 5.41) is 0.306. The molecule has 122 valence electrons. The van der Waals surface area contributed by atoms with Crippen LogP contribution in [0.3, 0.4) is 0 Å². The van der Waals surface area contributed by atoms with E-state index in [1.54, 1.807) is 19.9 Å². The van der Waals surface area contributed by atoms with E-state index in [1.807, 2.05) is 30.3 Å². The van der Waals surface area contributed by atoms with Crippen LogP contribution < -0.4 is 5.56 Å². The Bertz CT molecular complexity index is 968. The molecule has 3 aromatic rings. The quantitative estimate of drug-likeness (QED) is 0.588. The third-order valence-corrected chi connectivity index (χ3v) is 3.53. The molecule has 2 heterocycles. The maximum absolute atomic E-state index is 12.2. The fourth-order valence-corrected chi connectivity index (χ4v) is 2.43. The number of aromatic nitrogens is 2. The van der Waals surface area contributed by atoms with Crippen molar-refractivity contribution in [3.05, 3.63) is 58.1 Å². The molecule has 1 N–H and O–H groups in total. The average Bonchev–Trinajstić information content (AvgIpc) is 2.95. The van der Waals surface area contributed by atoms with Crippen molar-refractivity contribution in [2.45, 2.75) is 13.8 Å². The molecule has 0 aliphatic rings. The molecule has 2 aromatic heterocycles. The van der Waals surface area contributed by atoms with Crippen molar-refractivity contribution in [1.82, 2.24) is 9.97 Å². The number of esters is 1. The van der Waals surface area contributed by atoms with Crippen molar-refractivity contribution in [2.75, 3.05) is 6.61 Å². The Morgan fingerprint density at radius 3 is 2.79 bits per heavy atom. The Balaban J connectivity index is 2.26. The minimum atomic E-state index is -0.439. The van der Waals surface area contributed by atoms with Gasteiger partial charge in [0.15, 0.2) is 0 Å². The minimum absolute atomic E-state index is 0.223. The Morgan fingerprint density at radius 2 is 2.08 bits per heavy atom. The average molecular weight is 324 g/mol. The van der Waals surface area contributed by atoms with Gasteiger partial charge in [-0.25, -0.2) is 9.78 Å². The number of H-pyrrole nitrogens is 1. The molecule has 0 amide bonds. The van der Waals surface area contributed by atoms with Crippen LogP contribution in [0.4, 0.5) is 0 Å². The molecule has 0 aliphatic heterocycles. The number of ether oxygens (including phenoxy) is 1. The van der Waals surface area contributed by atoms with Crippen molar-refractivity contribution in [2.24, 2.45) is 0 Å². The Labute approximate surface area is 137 Å². The van der Waals surface area contributed by atoms with Gasteiger partial charge in [0.05, 0.1) is 12.9 Å². The van der Waals surface area contributed by atoms with Crippen molar-refractivity contribution in [3.63, 3.8) is 0 Å². The van der Waals surface area contributed by atoms with Gasteiger partial charge in [-0.2, -0.15) is 0 Å². The van der Waals surface area contributed by atoms with E-state index in [0.717, 1.165) is 5.56 Å². The van der Waals surface area contributed by atoms with Gasteiger partial charge < -0.3 is 14.1 Å². The standard InChI is InChI=1S/C18H16N2O4/c1-3-23-18(22)11(2)9-13-14-16(21)19-10-20-17(14)24-15(13)12-7-5-4-6-8-12/h4-10H,3H2,1-2H3,(H,19,20,21)/b11-9+. The van der Waals surface area contributed by atoms with Crippen LogP contribution in [0.25, 0.3) is 28.5 Å². The van der Waals surface area contributed by atoms with Crippen LogP contribution in [0.2, 0.25) is 0 Å². The van der Waals surface area contributed by atoms with Gasteiger partial charge in [0, 0.05) is 16.7 Å². The second kappa shape index (κ2) is 6.54. The highest BCUT2D eigenvalue weighted by Crippen LogP contribution is 2.32. The summed E-state index contributed by atoms with van der Waals surface area (Å²) >= 11 is 0. The summed E-state index contributed by atoms with van der Waals surface area (Å²) in [5.74, 6) is 0.0460. The first-order valence-corrected chi connectivity index (χ1v) is 7.52. The minimum Gasteiger partial charge on any atom is -0.463 e. The van der Waals surface area contributed by atoms with Crippen LogP contribution in [-0.4, -0.2) is 22.5 Å². The molecule has 0 radical (unpaired) electrons. The molecule has 0 unspecified atom stereocenters. The van der Waals surface area contributed by atoms with Crippen LogP contribution in [0.1, 0.15) is 19.4 Å². The smallest absolute Gasteiger partial charge is 0.333 e. The van der Waals surface area contributed by atoms with Crippen LogP contribution in [0.5, 0.6) is 0 Å². The van der Waals surface area contributed by atoms with Crippen LogP contribution in [0, 0.1) is 0 Å². The topological polar surface area (TPSA) is 85.2 Å². The highest BCUT2D eigenvalue weighted by atomic mass is 16.5. The van der Waals surface area contributed by atoms with Gasteiger partial charge >= 0.3 is 5.97 Å². The normalized spacial score (nSPS) is 11.7. The van der Waals surface area contributed by atoms with Crippen LogP contribution >= 0.6 is 0 Å². The lowest BCUT2D eigenvalue weighted by Gasteiger charge is -2.02. The predicted molar refractivity (Wildman–Crippen MR) is 90.3 cm³/mol. The molecule has 0 saturated heterocycles. The zero-order valence-corrected chi connectivity index (χ0v) is 13.3. The number of aromatic amines is 1. The maximum atomic E-state index is 12.2. The summed E-state index contributed by atoms with van der Waals surface area (Å²) in [5.41, 5.74) is 1.57. The van der Waals surface area contributed by atoms with Crippen LogP contribution in [0.15, 0.2) is 51.4 Å². The molecule has 6 heteroatoms. The zero-order chi connectivity index (χ0) is 17.1. The van der Waals surface area contributed by atoms with E-state index in [1.165, 1.54) is 6.33 Å². The highest BCUT2D eigenvalue weighted by molar-refractivity contribution is 5.99. The lowest BCUT2D eigenvalue weighted by molar-refractivity contribution is -0.138. The Hall–Kier alpha value is -3.15. The number of furan rings is 1. The first kappa shape index (κ1) is 15.7. The lowest BCUT2D eigenvalue weighted by atomic mass is 10.0. The molecule has 1 aromatic carbocycles. The molecule has 6 nitrogen and oxygen atoms in total. The van der Waals surface area contributed by atoms with E-state index in [9.17, 15) is 9.59 Å². The van der Waals surface area contributed by atoms with E-state index < -0.39 is 5.97 Å². The monoisotopic (exact) mass is 324 g/mol. The molecule has 0 atom stereocenters. The number of benzene rings is 1. The van der Waals surface area contributed by atoms with Gasteiger partial charge in [0.25, 0.3) is 5.56 Å². The molecular weight excluding hydrogens is 308 g/mol. The summed E-state index contributed by atoms with van der Waals surface area (Å²) in [4.78, 5) is 30.7. The number of carbonyl (C=O) groups excluding carboxylic acids is 1. The van der Waals surface area contributed by atoms with E-state index in [0.29, 0.717) is 22.3 Å². The molecule has 24 heavy (non-hydrogen) atoms. The number of rotatable bonds is 4. The second-order valence-corrected chi connectivity index (χ2v) is 5.17. The predicted octanol–water partition coefficient (Wildman–Crippen LogP) is 3.15. The largest absolute Gasteiger partial charge is 0.463 e. The summed E-state index contributed by atoms with van der Waals surface area (Å²) in [6, 6.07) is 9.35. The lowest BCUT2D eigenvalue weighted by Crippen LogP contribution is -2.07. The van der Waals surface area contributed by atoms with Crippen molar-refractivity contribution < 1.29 is 13.9 Å². The summed E-state index contributed by atoms with van der Waals surface area (Å²) in [6.07, 6.45) is 2.89. The summed E-state index contributed by atoms with van der Waals surface area (Å²) < 4.78 is 10.8. The van der Waals surface area contributed by atoms with Gasteiger partial charge in [0.2, 0.25) is 5.71 Å². The molecule has 3 rings (SSSR count). The second-order valence-electron chi connectivity index (χ2n) is 5.17. The zero-order valence-electron chi connectivity index (χ0n) is 13.3. The van der Waals surface area contributed by atoms with E-state index in [2.05, 4.69) is 9.97 Å². The molecule has 0 aliphatic carbocycles. The molecule has 0 fully saturated rings. The van der Waals surface area contributed by atoms with Gasteiger partial charge in [-0.15, -0.1) is 0 Å². The number of hydrogen-bond donors (Lipinski definition) is 1. The fraction of sp³-hybridized carbons (Fsp3) is 0.167. The fourth-order valence-electron chi connectivity index (χ4n) is 2.43.